The van der Waals surface area contributed by atoms with E-state index in [1.165, 1.54) is 0 Å². The Labute approximate surface area is 165 Å². The molecule has 0 bridgehead atoms. The molecule has 8 heteroatoms. The second kappa shape index (κ2) is 10.8. The molecule has 0 fully saturated rings. The molecule has 0 saturated carbocycles. The summed E-state index contributed by atoms with van der Waals surface area (Å²) in [6.45, 7) is 0.395. The van der Waals surface area contributed by atoms with Crippen molar-refractivity contribution in [2.75, 3.05) is 38.3 Å². The van der Waals surface area contributed by atoms with Gasteiger partial charge in [0.05, 0.1) is 13.2 Å². The van der Waals surface area contributed by atoms with E-state index in [-0.39, 0.29) is 32.0 Å². The quantitative estimate of drug-likeness (QED) is 0.436. The number of nitrogens with zero attached hydrogens (tertiary/aromatic N) is 1. The largest absolute Gasteiger partial charge is 0.449 e. The molecule has 2 aromatic carbocycles. The second-order valence-electron chi connectivity index (χ2n) is 6.03. The van der Waals surface area contributed by atoms with Crippen molar-refractivity contribution >= 4 is 28.2 Å². The fraction of sp³-hybridized carbons (Fsp3) is 0.300. The first-order chi connectivity index (χ1) is 13.4. The van der Waals surface area contributed by atoms with Crippen LogP contribution in [0.4, 0.5) is 5.69 Å². The molecule has 152 valence electrons. The maximum atomic E-state index is 11.6. The van der Waals surface area contributed by atoms with Gasteiger partial charge in [0.25, 0.3) is 0 Å². The average Bonchev–Trinajstić information content (AvgIpc) is 2.68. The van der Waals surface area contributed by atoms with E-state index >= 15 is 0 Å². The molecule has 0 spiro atoms. The van der Waals surface area contributed by atoms with E-state index in [1.807, 2.05) is 48.4 Å². The van der Waals surface area contributed by atoms with Crippen molar-refractivity contribution in [1.82, 2.24) is 0 Å². The third kappa shape index (κ3) is 7.32. The van der Waals surface area contributed by atoms with Crippen LogP contribution in [-0.2, 0) is 14.6 Å². The Balaban J connectivity index is 1.94. The minimum Gasteiger partial charge on any atom is -0.396 e. The van der Waals surface area contributed by atoms with Gasteiger partial charge in [-0.05, 0) is 41.8 Å². The summed E-state index contributed by atoms with van der Waals surface area (Å²) in [4.78, 5) is 1.97. The van der Waals surface area contributed by atoms with Crippen molar-refractivity contribution in [3.63, 3.8) is 0 Å². The van der Waals surface area contributed by atoms with E-state index < -0.39 is 10.4 Å². The molecule has 28 heavy (non-hydrogen) atoms. The molecule has 7 nitrogen and oxygen atoms in total. The van der Waals surface area contributed by atoms with Crippen molar-refractivity contribution < 1.29 is 27.0 Å². The number of anilines is 1. The van der Waals surface area contributed by atoms with E-state index in [2.05, 4.69) is 4.18 Å². The van der Waals surface area contributed by atoms with Crippen LogP contribution in [0.25, 0.3) is 12.2 Å². The number of aliphatic hydroxyl groups is 2. The van der Waals surface area contributed by atoms with E-state index in [9.17, 15) is 8.42 Å². The number of hydrogen-bond acceptors (Lipinski definition) is 7. The minimum absolute atomic E-state index is 0.105. The normalized spacial score (nSPS) is 11.7. The lowest BCUT2D eigenvalue weighted by Crippen LogP contribution is -2.20. The molecule has 2 aromatic rings. The highest BCUT2D eigenvalue weighted by molar-refractivity contribution is 7.82. The van der Waals surface area contributed by atoms with Crippen LogP contribution in [0.5, 0.6) is 5.75 Å². The maximum Gasteiger partial charge on any atom is 0.449 e. The highest BCUT2D eigenvalue weighted by Crippen LogP contribution is 2.18. The summed E-state index contributed by atoms with van der Waals surface area (Å²) in [5.41, 5.74) is 2.92. The third-order valence-electron chi connectivity index (χ3n) is 3.85. The summed E-state index contributed by atoms with van der Waals surface area (Å²) < 4.78 is 32.7. The zero-order valence-corrected chi connectivity index (χ0v) is 16.5. The lowest BCUT2D eigenvalue weighted by molar-refractivity contribution is 0.221. The van der Waals surface area contributed by atoms with Gasteiger partial charge >= 0.3 is 10.4 Å². The lowest BCUT2D eigenvalue weighted by atomic mass is 10.1. The fourth-order valence-electron chi connectivity index (χ4n) is 2.31. The van der Waals surface area contributed by atoms with Crippen LogP contribution in [0.2, 0.25) is 0 Å². The average molecular weight is 407 g/mol. The number of benzene rings is 2. The highest BCUT2D eigenvalue weighted by Gasteiger charge is 2.13. The van der Waals surface area contributed by atoms with Crippen LogP contribution in [-0.4, -0.2) is 52.0 Å². The standard InChI is InChI=1S/C20H25NO6S/c1-21(13-15-23)19-9-5-17(6-10-19)3-4-18-7-11-20(12-8-18)27-28(24,25)26-16-2-14-22/h3-12,22-23H,2,13-16H2,1H3/b4-3+. The van der Waals surface area contributed by atoms with Crippen LogP contribution in [0, 0.1) is 0 Å². The van der Waals surface area contributed by atoms with E-state index in [0.717, 1.165) is 16.8 Å². The summed E-state index contributed by atoms with van der Waals surface area (Å²) in [5.74, 6) is 0.150. The van der Waals surface area contributed by atoms with Gasteiger partial charge in [0.1, 0.15) is 5.75 Å². The Morgan fingerprint density at radius 2 is 1.50 bits per heavy atom. The fourth-order valence-corrected chi connectivity index (χ4v) is 3.03. The number of hydrogen-bond donors (Lipinski definition) is 2. The van der Waals surface area contributed by atoms with Crippen LogP contribution in [0.3, 0.4) is 0 Å². The first-order valence-corrected chi connectivity index (χ1v) is 10.2. The van der Waals surface area contributed by atoms with Gasteiger partial charge in [-0.3, -0.25) is 0 Å². The van der Waals surface area contributed by atoms with Gasteiger partial charge in [-0.25, -0.2) is 4.18 Å². The smallest absolute Gasteiger partial charge is 0.396 e. The minimum atomic E-state index is -4.14. The number of aliphatic hydroxyl groups excluding tert-OH is 2. The molecule has 0 aliphatic carbocycles. The van der Waals surface area contributed by atoms with Crippen LogP contribution >= 0.6 is 0 Å². The molecule has 0 heterocycles. The molecule has 0 amide bonds. The summed E-state index contributed by atoms with van der Waals surface area (Å²) in [5, 5.41) is 17.6. The predicted molar refractivity (Wildman–Crippen MR) is 109 cm³/mol. The van der Waals surface area contributed by atoms with Gasteiger partial charge in [0.2, 0.25) is 0 Å². The Morgan fingerprint density at radius 3 is 2.04 bits per heavy atom. The molecule has 0 aromatic heterocycles. The number of likely N-dealkylation sites (N-methyl/N-ethyl adjacent to an activating group) is 1. The topological polar surface area (TPSA) is 96.3 Å². The zero-order chi connectivity index (χ0) is 20.4. The van der Waals surface area contributed by atoms with Crippen molar-refractivity contribution in [2.24, 2.45) is 0 Å². The Bertz CT molecular complexity index is 847. The summed E-state index contributed by atoms with van der Waals surface area (Å²) in [6, 6.07) is 14.5. The van der Waals surface area contributed by atoms with E-state index in [0.29, 0.717) is 6.54 Å². The van der Waals surface area contributed by atoms with Gasteiger partial charge < -0.3 is 19.3 Å². The molecular weight excluding hydrogens is 382 g/mol. The van der Waals surface area contributed by atoms with Crippen molar-refractivity contribution in [2.45, 2.75) is 6.42 Å². The summed E-state index contributed by atoms with van der Waals surface area (Å²) in [6.07, 6.45) is 4.06. The van der Waals surface area contributed by atoms with Crippen LogP contribution in [0.15, 0.2) is 48.5 Å². The third-order valence-corrected chi connectivity index (χ3v) is 4.70. The first-order valence-electron chi connectivity index (χ1n) is 8.83. The second-order valence-corrected chi connectivity index (χ2v) is 7.25. The SMILES string of the molecule is CN(CCO)c1ccc(/C=C/c2ccc(OS(=O)(=O)OCCCO)cc2)cc1. The zero-order valence-electron chi connectivity index (χ0n) is 15.7. The van der Waals surface area contributed by atoms with E-state index in [1.54, 1.807) is 24.3 Å². The molecule has 0 aliphatic heterocycles. The van der Waals surface area contributed by atoms with Gasteiger partial charge in [0, 0.05) is 25.9 Å². The van der Waals surface area contributed by atoms with Crippen molar-refractivity contribution in [3.8, 4) is 5.75 Å². The monoisotopic (exact) mass is 407 g/mol. The molecule has 2 N–H and O–H groups in total. The molecule has 0 atom stereocenters. The predicted octanol–water partition coefficient (Wildman–Crippen LogP) is 2.31. The highest BCUT2D eigenvalue weighted by atomic mass is 32.3. The lowest BCUT2D eigenvalue weighted by Gasteiger charge is -2.17. The Kier molecular flexibility index (Phi) is 8.46. The van der Waals surface area contributed by atoms with Gasteiger partial charge in [-0.2, -0.15) is 8.42 Å². The molecule has 0 unspecified atom stereocenters. The van der Waals surface area contributed by atoms with Gasteiger partial charge in [0.15, 0.2) is 0 Å². The van der Waals surface area contributed by atoms with Crippen molar-refractivity contribution in [3.05, 3.63) is 59.7 Å². The number of rotatable bonds is 11. The Hall–Kier alpha value is -2.39. The molecule has 0 radical (unpaired) electrons. The van der Waals surface area contributed by atoms with Gasteiger partial charge in [-0.15, -0.1) is 0 Å². The van der Waals surface area contributed by atoms with Crippen LogP contribution < -0.4 is 9.08 Å². The summed E-state index contributed by atoms with van der Waals surface area (Å²) >= 11 is 0. The molecular formula is C20H25NO6S. The summed E-state index contributed by atoms with van der Waals surface area (Å²) in [7, 11) is -2.22. The molecule has 2 rings (SSSR count). The molecule has 0 aliphatic rings. The molecule has 0 saturated heterocycles. The van der Waals surface area contributed by atoms with Crippen LogP contribution in [0.1, 0.15) is 17.5 Å². The van der Waals surface area contributed by atoms with E-state index in [4.69, 9.17) is 14.4 Å². The maximum absolute atomic E-state index is 11.6. The first kappa shape index (κ1) is 21.9. The Morgan fingerprint density at radius 1 is 0.929 bits per heavy atom. The van der Waals surface area contributed by atoms with Gasteiger partial charge in [-0.1, -0.05) is 36.4 Å². The van der Waals surface area contributed by atoms with Crippen molar-refractivity contribution in [1.29, 1.82) is 0 Å².